The van der Waals surface area contributed by atoms with Crippen molar-refractivity contribution in [1.29, 1.82) is 0 Å². The average molecular weight is 426 g/mol. The fourth-order valence-corrected chi connectivity index (χ4v) is 3.75. The second kappa shape index (κ2) is 21.4. The van der Waals surface area contributed by atoms with Crippen molar-refractivity contribution >= 4 is 5.97 Å². The van der Waals surface area contributed by atoms with Gasteiger partial charge < -0.3 is 9.84 Å². The van der Waals surface area contributed by atoms with Gasteiger partial charge >= 0.3 is 5.97 Å². The van der Waals surface area contributed by atoms with Crippen LogP contribution in [-0.2, 0) is 9.53 Å². The maximum atomic E-state index is 11.9. The summed E-state index contributed by atoms with van der Waals surface area (Å²) in [5, 5.41) is 9.04. The molecule has 0 aromatic carbocycles. The Morgan fingerprint density at radius 1 is 0.833 bits per heavy atom. The van der Waals surface area contributed by atoms with E-state index in [-0.39, 0.29) is 18.8 Å². The van der Waals surface area contributed by atoms with Gasteiger partial charge in [-0.3, -0.25) is 4.90 Å². The van der Waals surface area contributed by atoms with Crippen molar-refractivity contribution in [3.63, 3.8) is 0 Å². The smallest absolute Gasteiger partial charge is 0.334 e. The van der Waals surface area contributed by atoms with Crippen molar-refractivity contribution in [3.8, 4) is 0 Å². The predicted molar refractivity (Wildman–Crippen MR) is 129 cm³/mol. The minimum Gasteiger partial charge on any atom is -0.443 e. The number of carbonyl (C=O) groups excluding carboxylic acids is 1. The molecular formula is C26H51NO3. The lowest BCUT2D eigenvalue weighted by atomic mass is 10.0. The van der Waals surface area contributed by atoms with Gasteiger partial charge in [0.05, 0.1) is 0 Å². The van der Waals surface area contributed by atoms with Gasteiger partial charge in [0.25, 0.3) is 0 Å². The molecule has 1 atom stereocenters. The highest BCUT2D eigenvalue weighted by molar-refractivity contribution is 5.87. The van der Waals surface area contributed by atoms with Gasteiger partial charge in [0.1, 0.15) is 0 Å². The highest BCUT2D eigenvalue weighted by atomic mass is 16.6. The molecule has 1 unspecified atom stereocenters. The minimum atomic E-state index is -0.322. The summed E-state index contributed by atoms with van der Waals surface area (Å²) in [5.41, 5.74) is 0.437. The number of unbranched alkanes of at least 4 members (excludes halogenated alkanes) is 14. The first-order valence-corrected chi connectivity index (χ1v) is 12.7. The Morgan fingerprint density at radius 3 is 1.67 bits per heavy atom. The Bertz CT molecular complexity index is 411. The third-order valence-corrected chi connectivity index (χ3v) is 5.81. The number of ether oxygens (including phenoxy) is 1. The molecule has 4 nitrogen and oxygen atoms in total. The van der Waals surface area contributed by atoms with Crippen molar-refractivity contribution < 1.29 is 14.6 Å². The minimum absolute atomic E-state index is 0.157. The van der Waals surface area contributed by atoms with E-state index >= 15 is 0 Å². The first kappa shape index (κ1) is 29.1. The lowest BCUT2D eigenvalue weighted by Crippen LogP contribution is -2.37. The van der Waals surface area contributed by atoms with Gasteiger partial charge in [-0.2, -0.15) is 0 Å². The third-order valence-electron chi connectivity index (χ3n) is 5.81. The Labute approximate surface area is 187 Å². The molecule has 0 amide bonds. The number of rotatable bonds is 22. The molecule has 0 saturated heterocycles. The lowest BCUT2D eigenvalue weighted by molar-refractivity contribution is -0.154. The molecule has 0 aliphatic rings. The van der Waals surface area contributed by atoms with Crippen molar-refractivity contribution in [2.24, 2.45) is 0 Å². The zero-order valence-corrected chi connectivity index (χ0v) is 20.4. The van der Waals surface area contributed by atoms with E-state index in [1.807, 2.05) is 11.9 Å². The first-order valence-electron chi connectivity index (χ1n) is 12.7. The Balaban J connectivity index is 3.69. The zero-order chi connectivity index (χ0) is 22.5. The Hall–Kier alpha value is -0.870. The fraction of sp³-hybridized carbons (Fsp3) is 0.885. The summed E-state index contributed by atoms with van der Waals surface area (Å²) < 4.78 is 5.60. The molecule has 0 bridgehead atoms. The molecule has 0 aromatic rings. The molecule has 0 radical (unpaired) electrons. The Morgan fingerprint density at radius 2 is 1.27 bits per heavy atom. The van der Waals surface area contributed by atoms with Crippen LogP contribution < -0.4 is 0 Å². The molecule has 30 heavy (non-hydrogen) atoms. The summed E-state index contributed by atoms with van der Waals surface area (Å²) in [6.07, 6.45) is 21.5. The van der Waals surface area contributed by atoms with Crippen LogP contribution in [0.5, 0.6) is 0 Å². The van der Waals surface area contributed by atoms with Crippen LogP contribution in [0.4, 0.5) is 0 Å². The largest absolute Gasteiger partial charge is 0.443 e. The molecule has 0 heterocycles. The van der Waals surface area contributed by atoms with Crippen LogP contribution >= 0.6 is 0 Å². The standard InChI is InChI=1S/C26H51NO3/c1-5-6-7-8-9-10-11-12-13-14-15-16-17-18-19-21-25(27(4)22-20-23-28)30-26(29)24(2)3/h25,28H,2,5-23H2,1,3-4H3. The van der Waals surface area contributed by atoms with Crippen LogP contribution in [0.25, 0.3) is 0 Å². The highest BCUT2D eigenvalue weighted by Gasteiger charge is 2.19. The quantitative estimate of drug-likeness (QED) is 0.0877. The first-order chi connectivity index (χ1) is 14.5. The number of nitrogens with zero attached hydrogens (tertiary/aromatic N) is 1. The number of aliphatic hydroxyl groups is 1. The maximum absolute atomic E-state index is 11.9. The van der Waals surface area contributed by atoms with Crippen LogP contribution in [0.3, 0.4) is 0 Å². The number of hydrogen-bond donors (Lipinski definition) is 1. The maximum Gasteiger partial charge on any atom is 0.334 e. The summed E-state index contributed by atoms with van der Waals surface area (Å²) in [6, 6.07) is 0. The van der Waals surface area contributed by atoms with E-state index in [0.717, 1.165) is 19.4 Å². The molecule has 4 heteroatoms. The van der Waals surface area contributed by atoms with E-state index in [9.17, 15) is 4.79 Å². The second-order valence-electron chi connectivity index (χ2n) is 8.94. The van der Waals surface area contributed by atoms with Gasteiger partial charge in [0.2, 0.25) is 0 Å². The number of hydrogen-bond acceptors (Lipinski definition) is 4. The van der Waals surface area contributed by atoms with Crippen LogP contribution in [0.2, 0.25) is 0 Å². The molecular weight excluding hydrogens is 374 g/mol. The van der Waals surface area contributed by atoms with Crippen LogP contribution in [0.15, 0.2) is 12.2 Å². The van der Waals surface area contributed by atoms with Gasteiger partial charge in [-0.25, -0.2) is 4.79 Å². The molecule has 1 N–H and O–H groups in total. The van der Waals surface area contributed by atoms with Crippen LogP contribution in [0, 0.1) is 0 Å². The van der Waals surface area contributed by atoms with E-state index in [4.69, 9.17) is 9.84 Å². The zero-order valence-electron chi connectivity index (χ0n) is 20.4. The topological polar surface area (TPSA) is 49.8 Å². The van der Waals surface area contributed by atoms with Crippen LogP contribution in [-0.4, -0.2) is 42.4 Å². The number of aliphatic hydroxyl groups excluding tert-OH is 1. The van der Waals surface area contributed by atoms with Gasteiger partial charge in [-0.15, -0.1) is 0 Å². The van der Waals surface area contributed by atoms with E-state index in [2.05, 4.69) is 13.5 Å². The van der Waals surface area contributed by atoms with Crippen molar-refractivity contribution in [2.75, 3.05) is 20.2 Å². The summed E-state index contributed by atoms with van der Waals surface area (Å²) in [4.78, 5) is 13.9. The van der Waals surface area contributed by atoms with Crippen LogP contribution in [0.1, 0.15) is 123 Å². The van der Waals surface area contributed by atoms with Gasteiger partial charge in [0, 0.05) is 18.7 Å². The van der Waals surface area contributed by atoms with Crippen molar-refractivity contribution in [3.05, 3.63) is 12.2 Å². The number of esters is 1. The number of carbonyl (C=O) groups is 1. The highest BCUT2D eigenvalue weighted by Crippen LogP contribution is 2.16. The Kier molecular flexibility index (Phi) is 20.7. The molecule has 0 saturated carbocycles. The van der Waals surface area contributed by atoms with E-state index in [0.29, 0.717) is 12.0 Å². The molecule has 0 fully saturated rings. The SMILES string of the molecule is C=C(C)C(=O)OC(CCCCCCCCCCCCCCCCC)N(C)CCCO. The van der Waals surface area contributed by atoms with Gasteiger partial charge in [-0.1, -0.05) is 103 Å². The summed E-state index contributed by atoms with van der Waals surface area (Å²) in [6.45, 7) is 8.51. The normalized spacial score (nSPS) is 12.3. The van der Waals surface area contributed by atoms with Gasteiger partial charge in [-0.05, 0) is 33.2 Å². The monoisotopic (exact) mass is 425 g/mol. The van der Waals surface area contributed by atoms with E-state index in [1.165, 1.54) is 89.9 Å². The second-order valence-corrected chi connectivity index (χ2v) is 8.94. The van der Waals surface area contributed by atoms with E-state index in [1.54, 1.807) is 6.92 Å². The summed E-state index contributed by atoms with van der Waals surface area (Å²) >= 11 is 0. The van der Waals surface area contributed by atoms with E-state index < -0.39 is 0 Å². The summed E-state index contributed by atoms with van der Waals surface area (Å²) in [7, 11) is 1.96. The van der Waals surface area contributed by atoms with Gasteiger partial charge in [0.15, 0.2) is 6.23 Å². The molecule has 0 aliphatic heterocycles. The molecule has 0 rings (SSSR count). The van der Waals surface area contributed by atoms with Crippen molar-refractivity contribution in [1.82, 2.24) is 4.90 Å². The molecule has 0 spiro atoms. The van der Waals surface area contributed by atoms with Crippen molar-refractivity contribution in [2.45, 2.75) is 129 Å². The average Bonchev–Trinajstić information content (AvgIpc) is 2.73. The lowest BCUT2D eigenvalue weighted by Gasteiger charge is -2.27. The molecule has 0 aromatic heterocycles. The summed E-state index contributed by atoms with van der Waals surface area (Å²) in [5.74, 6) is -0.322. The predicted octanol–water partition coefficient (Wildman–Crippen LogP) is 7.01. The molecule has 0 aliphatic carbocycles. The third kappa shape index (κ3) is 17.9. The molecule has 178 valence electrons. The fourth-order valence-electron chi connectivity index (χ4n) is 3.75.